The second kappa shape index (κ2) is 4.55. The molecule has 0 N–H and O–H groups in total. The summed E-state index contributed by atoms with van der Waals surface area (Å²) in [5.41, 5.74) is 0. The van der Waals surface area contributed by atoms with E-state index in [4.69, 9.17) is 4.74 Å². The van der Waals surface area contributed by atoms with Crippen molar-refractivity contribution in [3.8, 4) is 0 Å². The molecule has 0 amide bonds. The van der Waals surface area contributed by atoms with E-state index in [1.807, 2.05) is 6.08 Å². The first-order chi connectivity index (χ1) is 5.38. The Balaban J connectivity index is 1.85. The first-order valence-electron chi connectivity index (χ1n) is 4.66. The van der Waals surface area contributed by atoms with Crippen molar-refractivity contribution in [1.82, 2.24) is 0 Å². The van der Waals surface area contributed by atoms with Gasteiger partial charge in [0.25, 0.3) is 0 Å². The summed E-state index contributed by atoms with van der Waals surface area (Å²) in [6.45, 7) is 5.93. The Bertz CT molecular complexity index is 120. The van der Waals surface area contributed by atoms with Crippen LogP contribution < -0.4 is 0 Å². The second-order valence-corrected chi connectivity index (χ2v) is 3.22. The maximum Gasteiger partial charge on any atom is 0.102 e. The standard InChI is InChI=1S/C10H18O/c1-3-5-6-7-8-10-9(4-2)11-10/h4,9-10H,2-3,5-8H2,1H3. The summed E-state index contributed by atoms with van der Waals surface area (Å²) in [6.07, 6.45) is 9.41. The molecule has 0 aromatic heterocycles. The van der Waals surface area contributed by atoms with E-state index >= 15 is 0 Å². The Morgan fingerprint density at radius 1 is 1.36 bits per heavy atom. The summed E-state index contributed by atoms with van der Waals surface area (Å²) in [6, 6.07) is 0. The highest BCUT2D eigenvalue weighted by Crippen LogP contribution is 2.27. The third kappa shape index (κ3) is 3.06. The zero-order valence-electron chi connectivity index (χ0n) is 7.38. The van der Waals surface area contributed by atoms with Crippen LogP contribution in [0.1, 0.15) is 39.0 Å². The zero-order valence-corrected chi connectivity index (χ0v) is 7.38. The van der Waals surface area contributed by atoms with Crippen molar-refractivity contribution >= 4 is 0 Å². The van der Waals surface area contributed by atoms with E-state index in [9.17, 15) is 0 Å². The van der Waals surface area contributed by atoms with Gasteiger partial charge in [-0.25, -0.2) is 0 Å². The topological polar surface area (TPSA) is 12.5 Å². The minimum Gasteiger partial charge on any atom is -0.365 e. The molecule has 64 valence electrons. The summed E-state index contributed by atoms with van der Waals surface area (Å²) in [7, 11) is 0. The smallest absolute Gasteiger partial charge is 0.102 e. The molecule has 1 heterocycles. The molecule has 1 aliphatic heterocycles. The van der Waals surface area contributed by atoms with Gasteiger partial charge in [0.2, 0.25) is 0 Å². The maximum absolute atomic E-state index is 5.33. The summed E-state index contributed by atoms with van der Waals surface area (Å²) in [5, 5.41) is 0. The van der Waals surface area contributed by atoms with Crippen LogP contribution in [-0.2, 0) is 4.74 Å². The first-order valence-corrected chi connectivity index (χ1v) is 4.66. The van der Waals surface area contributed by atoms with Crippen LogP contribution in [0.25, 0.3) is 0 Å². The van der Waals surface area contributed by atoms with Crippen LogP contribution in [-0.4, -0.2) is 12.2 Å². The molecule has 0 aliphatic carbocycles. The molecule has 0 radical (unpaired) electrons. The summed E-state index contributed by atoms with van der Waals surface area (Å²) >= 11 is 0. The van der Waals surface area contributed by atoms with Gasteiger partial charge in [0.15, 0.2) is 0 Å². The van der Waals surface area contributed by atoms with E-state index in [1.54, 1.807) is 0 Å². The van der Waals surface area contributed by atoms with E-state index in [-0.39, 0.29) is 0 Å². The summed E-state index contributed by atoms with van der Waals surface area (Å²) < 4.78 is 5.33. The quantitative estimate of drug-likeness (QED) is 0.325. The predicted octanol–water partition coefficient (Wildman–Crippen LogP) is 2.91. The van der Waals surface area contributed by atoms with Gasteiger partial charge < -0.3 is 4.74 Å². The van der Waals surface area contributed by atoms with Crippen LogP contribution in [0.15, 0.2) is 12.7 Å². The Morgan fingerprint density at radius 2 is 2.18 bits per heavy atom. The minimum absolute atomic E-state index is 0.386. The largest absolute Gasteiger partial charge is 0.365 e. The van der Waals surface area contributed by atoms with E-state index in [0.717, 1.165) is 0 Å². The Hall–Kier alpha value is -0.300. The molecule has 1 aliphatic rings. The van der Waals surface area contributed by atoms with Gasteiger partial charge in [0.05, 0.1) is 6.10 Å². The molecule has 1 saturated heterocycles. The third-order valence-corrected chi connectivity index (χ3v) is 2.20. The molecule has 0 aromatic rings. The highest BCUT2D eigenvalue weighted by atomic mass is 16.6. The molecular weight excluding hydrogens is 136 g/mol. The molecule has 2 atom stereocenters. The lowest BCUT2D eigenvalue weighted by Gasteiger charge is -1.94. The van der Waals surface area contributed by atoms with Gasteiger partial charge in [-0.2, -0.15) is 0 Å². The lowest BCUT2D eigenvalue weighted by molar-refractivity contribution is 0.373. The van der Waals surface area contributed by atoms with Crippen molar-refractivity contribution in [2.24, 2.45) is 0 Å². The minimum atomic E-state index is 0.386. The monoisotopic (exact) mass is 154 g/mol. The molecular formula is C10H18O. The number of epoxide rings is 1. The summed E-state index contributed by atoms with van der Waals surface area (Å²) in [5.74, 6) is 0. The SMILES string of the molecule is C=CC1OC1CCCCCC. The van der Waals surface area contributed by atoms with Gasteiger partial charge in [0, 0.05) is 0 Å². The third-order valence-electron chi connectivity index (χ3n) is 2.20. The number of ether oxygens (including phenoxy) is 1. The first kappa shape index (κ1) is 8.79. The molecule has 0 bridgehead atoms. The van der Waals surface area contributed by atoms with Crippen molar-refractivity contribution < 1.29 is 4.74 Å². The number of hydrogen-bond acceptors (Lipinski definition) is 1. The Morgan fingerprint density at radius 3 is 2.73 bits per heavy atom. The average molecular weight is 154 g/mol. The molecule has 0 aromatic carbocycles. The van der Waals surface area contributed by atoms with Gasteiger partial charge in [-0.05, 0) is 6.42 Å². The van der Waals surface area contributed by atoms with Crippen LogP contribution in [0.2, 0.25) is 0 Å². The molecule has 2 unspecified atom stereocenters. The molecule has 0 spiro atoms. The zero-order chi connectivity index (χ0) is 8.10. The lowest BCUT2D eigenvalue weighted by atomic mass is 10.1. The van der Waals surface area contributed by atoms with Crippen LogP contribution in [0.4, 0.5) is 0 Å². The molecule has 1 nitrogen and oxygen atoms in total. The molecule has 1 heteroatoms. The van der Waals surface area contributed by atoms with Crippen molar-refractivity contribution in [1.29, 1.82) is 0 Å². The number of rotatable bonds is 6. The van der Waals surface area contributed by atoms with Gasteiger partial charge in [-0.3, -0.25) is 0 Å². The van der Waals surface area contributed by atoms with Crippen molar-refractivity contribution in [3.63, 3.8) is 0 Å². The van der Waals surface area contributed by atoms with E-state index in [0.29, 0.717) is 12.2 Å². The fourth-order valence-electron chi connectivity index (χ4n) is 1.37. The maximum atomic E-state index is 5.33. The average Bonchev–Trinajstić information content (AvgIpc) is 2.77. The lowest BCUT2D eigenvalue weighted by Crippen LogP contribution is -1.89. The summed E-state index contributed by atoms with van der Waals surface area (Å²) in [4.78, 5) is 0. The normalized spacial score (nSPS) is 28.5. The van der Waals surface area contributed by atoms with Crippen LogP contribution >= 0.6 is 0 Å². The number of unbranched alkanes of at least 4 members (excludes halogenated alkanes) is 3. The highest BCUT2D eigenvalue weighted by molar-refractivity contribution is 4.97. The fourth-order valence-corrected chi connectivity index (χ4v) is 1.37. The van der Waals surface area contributed by atoms with Gasteiger partial charge in [-0.15, -0.1) is 6.58 Å². The Kier molecular flexibility index (Phi) is 3.64. The van der Waals surface area contributed by atoms with Crippen molar-refractivity contribution in [2.45, 2.75) is 51.2 Å². The predicted molar refractivity (Wildman–Crippen MR) is 47.6 cm³/mol. The van der Waals surface area contributed by atoms with E-state index in [1.165, 1.54) is 32.1 Å². The van der Waals surface area contributed by atoms with Gasteiger partial charge in [0.1, 0.15) is 6.10 Å². The van der Waals surface area contributed by atoms with Crippen molar-refractivity contribution in [3.05, 3.63) is 12.7 Å². The van der Waals surface area contributed by atoms with Gasteiger partial charge in [-0.1, -0.05) is 38.7 Å². The Labute approximate surface area is 69.4 Å². The van der Waals surface area contributed by atoms with Crippen molar-refractivity contribution in [2.75, 3.05) is 0 Å². The highest BCUT2D eigenvalue weighted by Gasteiger charge is 2.34. The van der Waals surface area contributed by atoms with Gasteiger partial charge >= 0.3 is 0 Å². The molecule has 1 rings (SSSR count). The van der Waals surface area contributed by atoms with Crippen LogP contribution in [0.5, 0.6) is 0 Å². The molecule has 11 heavy (non-hydrogen) atoms. The van der Waals surface area contributed by atoms with Crippen LogP contribution in [0.3, 0.4) is 0 Å². The van der Waals surface area contributed by atoms with Crippen LogP contribution in [0, 0.1) is 0 Å². The van der Waals surface area contributed by atoms with E-state index < -0.39 is 0 Å². The molecule has 0 saturated carbocycles. The molecule has 1 fully saturated rings. The van der Waals surface area contributed by atoms with E-state index in [2.05, 4.69) is 13.5 Å². The fraction of sp³-hybridized carbons (Fsp3) is 0.800. The second-order valence-electron chi connectivity index (χ2n) is 3.22. The number of hydrogen-bond donors (Lipinski definition) is 0.